The minimum Gasteiger partial charge on any atom is -0.492 e. The van der Waals surface area contributed by atoms with Crippen LogP contribution >= 0.6 is 24.0 Å². The first kappa shape index (κ1) is 21.0. The second-order valence-electron chi connectivity index (χ2n) is 5.97. The second kappa shape index (κ2) is 12.4. The zero-order chi connectivity index (χ0) is 16.3. The van der Waals surface area contributed by atoms with Gasteiger partial charge in [-0.3, -0.25) is 9.89 Å². The molecule has 1 aliphatic heterocycles. The van der Waals surface area contributed by atoms with E-state index in [1.807, 2.05) is 30.3 Å². The summed E-state index contributed by atoms with van der Waals surface area (Å²) < 4.78 is 5.66. The molecule has 1 atom stereocenters. The second-order valence-corrected chi connectivity index (χ2v) is 5.97. The van der Waals surface area contributed by atoms with Crippen molar-refractivity contribution in [3.63, 3.8) is 0 Å². The van der Waals surface area contributed by atoms with E-state index in [2.05, 4.69) is 27.4 Å². The SMILES string of the molecule is CN=C(NCCOc1ccccc1)NCCN1CCCCC1C.I. The number of hydrogen-bond acceptors (Lipinski definition) is 3. The van der Waals surface area contributed by atoms with Gasteiger partial charge in [-0.2, -0.15) is 0 Å². The Morgan fingerprint density at radius 1 is 1.21 bits per heavy atom. The molecule has 136 valence electrons. The fraction of sp³-hybridized carbons (Fsp3) is 0.611. The summed E-state index contributed by atoms with van der Waals surface area (Å²) in [6, 6.07) is 10.6. The molecule has 0 aromatic heterocycles. The van der Waals surface area contributed by atoms with Gasteiger partial charge >= 0.3 is 0 Å². The van der Waals surface area contributed by atoms with Crippen LogP contribution < -0.4 is 15.4 Å². The van der Waals surface area contributed by atoms with Gasteiger partial charge in [-0.25, -0.2) is 0 Å². The number of likely N-dealkylation sites (tertiary alicyclic amines) is 1. The van der Waals surface area contributed by atoms with E-state index in [0.717, 1.165) is 31.3 Å². The zero-order valence-electron chi connectivity index (χ0n) is 14.8. The van der Waals surface area contributed by atoms with E-state index >= 15 is 0 Å². The molecule has 0 spiro atoms. The molecule has 2 rings (SSSR count). The number of hydrogen-bond donors (Lipinski definition) is 2. The Hall–Kier alpha value is -1.02. The standard InChI is InChI=1S/C18H30N4O.HI/c1-16-8-6-7-13-22(16)14-11-20-18(19-2)21-12-15-23-17-9-4-3-5-10-17;/h3-5,9-10,16H,6-8,11-15H2,1-2H3,(H2,19,20,21);1H. The lowest BCUT2D eigenvalue weighted by molar-refractivity contribution is 0.163. The maximum Gasteiger partial charge on any atom is 0.191 e. The monoisotopic (exact) mass is 446 g/mol. The normalized spacial score (nSPS) is 18.6. The van der Waals surface area contributed by atoms with E-state index in [1.54, 1.807) is 7.05 Å². The molecule has 1 saturated heterocycles. The minimum atomic E-state index is 0. The molecule has 0 saturated carbocycles. The van der Waals surface area contributed by atoms with Crippen molar-refractivity contribution in [2.75, 3.05) is 39.8 Å². The van der Waals surface area contributed by atoms with Crippen LogP contribution in [0.2, 0.25) is 0 Å². The molecular weight excluding hydrogens is 415 g/mol. The molecule has 1 unspecified atom stereocenters. The van der Waals surface area contributed by atoms with Gasteiger partial charge in [-0.15, -0.1) is 24.0 Å². The summed E-state index contributed by atoms with van der Waals surface area (Å²) in [5, 5.41) is 6.66. The lowest BCUT2D eigenvalue weighted by Crippen LogP contribution is -2.45. The van der Waals surface area contributed by atoms with E-state index < -0.39 is 0 Å². The first-order valence-electron chi connectivity index (χ1n) is 8.66. The third kappa shape index (κ3) is 7.70. The maximum atomic E-state index is 5.66. The molecule has 1 aromatic carbocycles. The van der Waals surface area contributed by atoms with Gasteiger partial charge in [-0.1, -0.05) is 24.6 Å². The molecule has 1 fully saturated rings. The number of ether oxygens (including phenoxy) is 1. The van der Waals surface area contributed by atoms with Gasteiger partial charge < -0.3 is 15.4 Å². The topological polar surface area (TPSA) is 48.9 Å². The van der Waals surface area contributed by atoms with Crippen molar-refractivity contribution in [3.8, 4) is 5.75 Å². The number of rotatable bonds is 7. The van der Waals surface area contributed by atoms with Crippen molar-refractivity contribution in [3.05, 3.63) is 30.3 Å². The fourth-order valence-corrected chi connectivity index (χ4v) is 2.88. The fourth-order valence-electron chi connectivity index (χ4n) is 2.88. The summed E-state index contributed by atoms with van der Waals surface area (Å²) in [7, 11) is 1.80. The number of nitrogens with one attached hydrogen (secondary N) is 2. The highest BCUT2D eigenvalue weighted by Crippen LogP contribution is 2.15. The molecule has 0 radical (unpaired) electrons. The molecule has 5 nitrogen and oxygen atoms in total. The van der Waals surface area contributed by atoms with Crippen molar-refractivity contribution in [2.45, 2.75) is 32.2 Å². The predicted molar refractivity (Wildman–Crippen MR) is 112 cm³/mol. The quantitative estimate of drug-likeness (QED) is 0.293. The van der Waals surface area contributed by atoms with Gasteiger partial charge in [0.1, 0.15) is 12.4 Å². The molecule has 1 heterocycles. The molecule has 0 bridgehead atoms. The first-order valence-corrected chi connectivity index (χ1v) is 8.66. The molecule has 6 heteroatoms. The number of aliphatic imine (C=N–C) groups is 1. The molecule has 0 amide bonds. The van der Waals surface area contributed by atoms with Gasteiger partial charge in [0.15, 0.2) is 5.96 Å². The molecule has 1 aromatic rings. The Labute approximate surface area is 163 Å². The van der Waals surface area contributed by atoms with Gasteiger partial charge in [0.25, 0.3) is 0 Å². The maximum absolute atomic E-state index is 5.66. The van der Waals surface area contributed by atoms with Crippen LogP contribution in [-0.2, 0) is 0 Å². The summed E-state index contributed by atoms with van der Waals surface area (Å²) in [5.41, 5.74) is 0. The molecule has 2 N–H and O–H groups in total. The molecule has 24 heavy (non-hydrogen) atoms. The van der Waals surface area contributed by atoms with Crippen LogP contribution in [0.1, 0.15) is 26.2 Å². The molecular formula is C18H31IN4O. The summed E-state index contributed by atoms with van der Waals surface area (Å²) in [6.45, 7) is 6.89. The average Bonchev–Trinajstić information content (AvgIpc) is 2.59. The first-order chi connectivity index (χ1) is 11.3. The van der Waals surface area contributed by atoms with E-state index in [4.69, 9.17) is 4.74 Å². The minimum absolute atomic E-state index is 0. The van der Waals surface area contributed by atoms with Crippen LogP contribution in [0.4, 0.5) is 0 Å². The lowest BCUT2D eigenvalue weighted by atomic mass is 10.0. The highest BCUT2D eigenvalue weighted by molar-refractivity contribution is 14.0. The summed E-state index contributed by atoms with van der Waals surface area (Å²) in [5.74, 6) is 1.74. The Balaban J connectivity index is 0.00000288. The van der Waals surface area contributed by atoms with Crippen LogP contribution in [0, 0.1) is 0 Å². The number of guanidine groups is 1. The van der Waals surface area contributed by atoms with Crippen molar-refractivity contribution >= 4 is 29.9 Å². The van der Waals surface area contributed by atoms with Crippen LogP contribution in [0.5, 0.6) is 5.75 Å². The zero-order valence-corrected chi connectivity index (χ0v) is 17.2. The van der Waals surface area contributed by atoms with Crippen molar-refractivity contribution in [1.29, 1.82) is 0 Å². The highest BCUT2D eigenvalue weighted by atomic mass is 127. The largest absolute Gasteiger partial charge is 0.492 e. The number of para-hydroxylation sites is 1. The molecule has 0 aliphatic carbocycles. The molecule has 1 aliphatic rings. The summed E-state index contributed by atoms with van der Waals surface area (Å²) >= 11 is 0. The highest BCUT2D eigenvalue weighted by Gasteiger charge is 2.17. The summed E-state index contributed by atoms with van der Waals surface area (Å²) in [6.07, 6.45) is 4.02. The number of nitrogens with zero attached hydrogens (tertiary/aromatic N) is 2. The average molecular weight is 446 g/mol. The van der Waals surface area contributed by atoms with Gasteiger partial charge in [-0.05, 0) is 38.4 Å². The predicted octanol–water partition coefficient (Wildman–Crippen LogP) is 2.72. The number of piperidine rings is 1. The van der Waals surface area contributed by atoms with Crippen molar-refractivity contribution < 1.29 is 4.74 Å². The number of benzene rings is 1. The van der Waals surface area contributed by atoms with Crippen LogP contribution in [0.25, 0.3) is 0 Å². The van der Waals surface area contributed by atoms with Crippen molar-refractivity contribution in [1.82, 2.24) is 15.5 Å². The van der Waals surface area contributed by atoms with Gasteiger partial charge in [0.05, 0.1) is 6.54 Å². The van der Waals surface area contributed by atoms with E-state index in [1.165, 1.54) is 25.8 Å². The van der Waals surface area contributed by atoms with Crippen LogP contribution in [-0.4, -0.2) is 56.7 Å². The number of halogens is 1. The smallest absolute Gasteiger partial charge is 0.191 e. The lowest BCUT2D eigenvalue weighted by Gasteiger charge is -2.33. The Kier molecular flexibility index (Phi) is 10.8. The Morgan fingerprint density at radius 2 is 1.96 bits per heavy atom. The third-order valence-corrected chi connectivity index (χ3v) is 4.26. The van der Waals surface area contributed by atoms with Gasteiger partial charge in [0, 0.05) is 26.2 Å². The third-order valence-electron chi connectivity index (χ3n) is 4.26. The Bertz CT molecular complexity index is 469. The van der Waals surface area contributed by atoms with Gasteiger partial charge in [0.2, 0.25) is 0 Å². The van der Waals surface area contributed by atoms with Crippen LogP contribution in [0.15, 0.2) is 35.3 Å². The van der Waals surface area contributed by atoms with Crippen molar-refractivity contribution in [2.24, 2.45) is 4.99 Å². The van der Waals surface area contributed by atoms with Crippen LogP contribution in [0.3, 0.4) is 0 Å². The van der Waals surface area contributed by atoms with E-state index in [9.17, 15) is 0 Å². The summed E-state index contributed by atoms with van der Waals surface area (Å²) in [4.78, 5) is 6.81. The Morgan fingerprint density at radius 3 is 2.67 bits per heavy atom. The van der Waals surface area contributed by atoms with E-state index in [-0.39, 0.29) is 24.0 Å². The van der Waals surface area contributed by atoms with E-state index in [0.29, 0.717) is 12.6 Å².